The second kappa shape index (κ2) is 7.21. The number of hydrogen-bond acceptors (Lipinski definition) is 4. The van der Waals surface area contributed by atoms with Gasteiger partial charge in [-0.1, -0.05) is 13.8 Å². The van der Waals surface area contributed by atoms with Crippen LogP contribution >= 0.6 is 0 Å². The number of rotatable bonds is 6. The highest BCUT2D eigenvalue weighted by molar-refractivity contribution is 4.91. The summed E-state index contributed by atoms with van der Waals surface area (Å²) in [5.74, 6) is 0. The van der Waals surface area contributed by atoms with Gasteiger partial charge in [-0.25, -0.2) is 0 Å². The van der Waals surface area contributed by atoms with Gasteiger partial charge in [0.2, 0.25) is 0 Å². The largest absolute Gasteiger partial charge is 0.381 e. The van der Waals surface area contributed by atoms with E-state index in [0.29, 0.717) is 11.5 Å². The van der Waals surface area contributed by atoms with Gasteiger partial charge < -0.3 is 19.9 Å². The summed E-state index contributed by atoms with van der Waals surface area (Å²) < 4.78 is 5.60. The average molecular weight is 283 g/mol. The van der Waals surface area contributed by atoms with Gasteiger partial charge in [0.15, 0.2) is 0 Å². The van der Waals surface area contributed by atoms with Crippen LogP contribution in [0.15, 0.2) is 0 Å². The SMILES string of the molecule is CC(C)NCC1(CN2CCC(N(C)C)C2)CCOCC1. The Hall–Kier alpha value is -0.160. The summed E-state index contributed by atoms with van der Waals surface area (Å²) in [4.78, 5) is 5.06. The van der Waals surface area contributed by atoms with Crippen molar-refractivity contribution < 1.29 is 4.74 Å². The predicted octanol–water partition coefficient (Wildman–Crippen LogP) is 1.42. The predicted molar refractivity (Wildman–Crippen MR) is 84.2 cm³/mol. The molecule has 0 amide bonds. The van der Waals surface area contributed by atoms with E-state index in [9.17, 15) is 0 Å². The topological polar surface area (TPSA) is 27.7 Å². The van der Waals surface area contributed by atoms with Crippen LogP contribution in [-0.4, -0.2) is 75.4 Å². The molecule has 0 bridgehead atoms. The Morgan fingerprint density at radius 1 is 1.30 bits per heavy atom. The van der Waals surface area contributed by atoms with Gasteiger partial charge in [0, 0.05) is 44.9 Å². The minimum absolute atomic E-state index is 0.420. The van der Waals surface area contributed by atoms with Crippen LogP contribution < -0.4 is 5.32 Å². The average Bonchev–Trinajstić information content (AvgIpc) is 2.86. The molecule has 0 radical (unpaired) electrons. The molecule has 0 spiro atoms. The highest BCUT2D eigenvalue weighted by Gasteiger charge is 2.36. The summed E-state index contributed by atoms with van der Waals surface area (Å²) in [7, 11) is 4.41. The van der Waals surface area contributed by atoms with Crippen molar-refractivity contribution >= 4 is 0 Å². The highest BCUT2D eigenvalue weighted by Crippen LogP contribution is 2.32. The Morgan fingerprint density at radius 3 is 2.55 bits per heavy atom. The second-order valence-corrected chi connectivity index (χ2v) is 7.29. The monoisotopic (exact) mass is 283 g/mol. The third-order valence-electron chi connectivity index (χ3n) is 4.98. The third-order valence-corrected chi connectivity index (χ3v) is 4.98. The molecule has 2 rings (SSSR count). The number of hydrogen-bond donors (Lipinski definition) is 1. The number of likely N-dealkylation sites (N-methyl/N-ethyl adjacent to an activating group) is 1. The van der Waals surface area contributed by atoms with Crippen LogP contribution in [0.5, 0.6) is 0 Å². The summed E-state index contributed by atoms with van der Waals surface area (Å²) in [5, 5.41) is 3.67. The molecule has 4 nitrogen and oxygen atoms in total. The number of nitrogens with one attached hydrogen (secondary N) is 1. The maximum absolute atomic E-state index is 5.60. The van der Waals surface area contributed by atoms with Crippen LogP contribution in [-0.2, 0) is 4.74 Å². The van der Waals surface area contributed by atoms with Crippen LogP contribution in [0.1, 0.15) is 33.1 Å². The van der Waals surface area contributed by atoms with Gasteiger partial charge in [-0.3, -0.25) is 0 Å². The lowest BCUT2D eigenvalue weighted by atomic mass is 9.79. The van der Waals surface area contributed by atoms with Gasteiger partial charge in [0.25, 0.3) is 0 Å². The van der Waals surface area contributed by atoms with E-state index >= 15 is 0 Å². The lowest BCUT2D eigenvalue weighted by molar-refractivity contribution is -0.00250. The highest BCUT2D eigenvalue weighted by atomic mass is 16.5. The van der Waals surface area contributed by atoms with Crippen molar-refractivity contribution in [3.63, 3.8) is 0 Å². The molecule has 0 aromatic rings. The molecule has 1 unspecified atom stereocenters. The Bertz CT molecular complexity index is 287. The molecule has 0 aliphatic carbocycles. The van der Waals surface area contributed by atoms with E-state index in [1.807, 2.05) is 0 Å². The minimum Gasteiger partial charge on any atom is -0.381 e. The molecular weight excluding hydrogens is 250 g/mol. The summed E-state index contributed by atoms with van der Waals surface area (Å²) in [6, 6.07) is 1.31. The first kappa shape index (κ1) is 16.2. The Labute approximate surface area is 124 Å². The van der Waals surface area contributed by atoms with Crippen LogP contribution in [0.25, 0.3) is 0 Å². The van der Waals surface area contributed by atoms with Gasteiger partial charge in [-0.05, 0) is 45.3 Å². The van der Waals surface area contributed by atoms with Gasteiger partial charge >= 0.3 is 0 Å². The van der Waals surface area contributed by atoms with E-state index in [-0.39, 0.29) is 0 Å². The number of ether oxygens (including phenoxy) is 1. The van der Waals surface area contributed by atoms with Crippen molar-refractivity contribution in [3.8, 4) is 0 Å². The van der Waals surface area contributed by atoms with Gasteiger partial charge in [0.1, 0.15) is 0 Å². The van der Waals surface area contributed by atoms with Gasteiger partial charge in [-0.15, -0.1) is 0 Å². The van der Waals surface area contributed by atoms with Crippen LogP contribution in [0.2, 0.25) is 0 Å². The molecule has 2 aliphatic heterocycles. The van der Waals surface area contributed by atoms with Crippen molar-refractivity contribution in [1.82, 2.24) is 15.1 Å². The smallest absolute Gasteiger partial charge is 0.0472 e. The molecule has 0 aromatic heterocycles. The normalized spacial score (nSPS) is 27.6. The van der Waals surface area contributed by atoms with Crippen LogP contribution in [0, 0.1) is 5.41 Å². The summed E-state index contributed by atoms with van der Waals surface area (Å²) in [5.41, 5.74) is 0.420. The van der Waals surface area contributed by atoms with E-state index in [1.54, 1.807) is 0 Å². The van der Waals surface area contributed by atoms with E-state index in [2.05, 4.69) is 43.1 Å². The molecule has 1 atom stereocenters. The van der Waals surface area contributed by atoms with Gasteiger partial charge in [0.05, 0.1) is 0 Å². The zero-order chi connectivity index (χ0) is 14.6. The van der Waals surface area contributed by atoms with Crippen molar-refractivity contribution in [2.45, 2.75) is 45.2 Å². The standard InChI is InChI=1S/C16H33N3O/c1-14(2)17-12-16(6-9-20-10-7-16)13-19-8-5-15(11-19)18(3)4/h14-15,17H,5-13H2,1-4H3. The molecule has 118 valence electrons. The molecule has 2 saturated heterocycles. The zero-order valence-electron chi connectivity index (χ0n) is 13.8. The Kier molecular flexibility index (Phi) is 5.84. The van der Waals surface area contributed by atoms with Crippen molar-refractivity contribution in [2.75, 3.05) is 53.5 Å². The third kappa shape index (κ3) is 4.42. The molecular formula is C16H33N3O. The maximum Gasteiger partial charge on any atom is 0.0472 e. The fourth-order valence-corrected chi connectivity index (χ4v) is 3.47. The maximum atomic E-state index is 5.60. The minimum atomic E-state index is 0.420. The first-order chi connectivity index (χ1) is 9.51. The number of nitrogens with zero attached hydrogens (tertiary/aromatic N) is 2. The summed E-state index contributed by atoms with van der Waals surface area (Å²) in [6.07, 6.45) is 3.73. The fourth-order valence-electron chi connectivity index (χ4n) is 3.47. The molecule has 0 aromatic carbocycles. The molecule has 1 N–H and O–H groups in total. The molecule has 2 aliphatic rings. The first-order valence-electron chi connectivity index (χ1n) is 8.21. The van der Waals surface area contributed by atoms with E-state index in [1.165, 1.54) is 38.9 Å². The molecule has 0 saturated carbocycles. The quantitative estimate of drug-likeness (QED) is 0.798. The summed E-state index contributed by atoms with van der Waals surface area (Å²) in [6.45, 7) is 11.2. The van der Waals surface area contributed by atoms with Crippen molar-refractivity contribution in [2.24, 2.45) is 5.41 Å². The van der Waals surface area contributed by atoms with E-state index in [4.69, 9.17) is 4.74 Å². The Balaban J connectivity index is 1.90. The van der Waals surface area contributed by atoms with Crippen LogP contribution in [0.4, 0.5) is 0 Å². The van der Waals surface area contributed by atoms with Crippen LogP contribution in [0.3, 0.4) is 0 Å². The Morgan fingerprint density at radius 2 is 2.00 bits per heavy atom. The van der Waals surface area contributed by atoms with E-state index in [0.717, 1.165) is 25.8 Å². The van der Waals surface area contributed by atoms with E-state index < -0.39 is 0 Å². The molecule has 20 heavy (non-hydrogen) atoms. The lowest BCUT2D eigenvalue weighted by Gasteiger charge is -2.41. The fraction of sp³-hybridized carbons (Fsp3) is 1.00. The van der Waals surface area contributed by atoms with Gasteiger partial charge in [-0.2, -0.15) is 0 Å². The lowest BCUT2D eigenvalue weighted by Crippen LogP contribution is -2.48. The zero-order valence-corrected chi connectivity index (χ0v) is 13.8. The first-order valence-corrected chi connectivity index (χ1v) is 8.21. The second-order valence-electron chi connectivity index (χ2n) is 7.29. The molecule has 4 heteroatoms. The number of likely N-dealkylation sites (tertiary alicyclic amines) is 1. The van der Waals surface area contributed by atoms with Crippen molar-refractivity contribution in [1.29, 1.82) is 0 Å². The molecule has 2 heterocycles. The molecule has 2 fully saturated rings. The van der Waals surface area contributed by atoms with Crippen molar-refractivity contribution in [3.05, 3.63) is 0 Å². The summed E-state index contributed by atoms with van der Waals surface area (Å²) >= 11 is 0.